The van der Waals surface area contributed by atoms with Crippen LogP contribution in [0.3, 0.4) is 0 Å². The van der Waals surface area contributed by atoms with E-state index in [1.807, 2.05) is 6.07 Å². The number of para-hydroxylation sites is 2. The van der Waals surface area contributed by atoms with E-state index in [0.717, 1.165) is 37.3 Å². The fourth-order valence-electron chi connectivity index (χ4n) is 3.27. The molecule has 0 bridgehead atoms. The highest BCUT2D eigenvalue weighted by molar-refractivity contribution is 5.75. The van der Waals surface area contributed by atoms with Crippen LogP contribution in [0, 0.1) is 5.92 Å². The third kappa shape index (κ3) is 3.70. The molecular formula is C17H24F2N4. The topological polar surface area (TPSA) is 24.3 Å². The second-order valence-corrected chi connectivity index (χ2v) is 6.64. The maximum absolute atomic E-state index is 13.4. The molecule has 1 aromatic heterocycles. The van der Waals surface area contributed by atoms with Crippen LogP contribution in [0.25, 0.3) is 11.0 Å². The van der Waals surface area contributed by atoms with Gasteiger partial charge in [-0.25, -0.2) is 4.98 Å². The standard InChI is InChI=1S/C17H24F2N4/c1-13(2)11-21-7-9-22(10-8-21)12-16-20-14-5-3-4-6-15(14)23(16)17(18)19/h3-6,13,17H,7-12H2,1-2H3. The Morgan fingerprint density at radius 2 is 1.70 bits per heavy atom. The second-order valence-electron chi connectivity index (χ2n) is 6.64. The van der Waals surface area contributed by atoms with E-state index in [1.165, 1.54) is 0 Å². The number of alkyl halides is 2. The molecule has 4 nitrogen and oxygen atoms in total. The normalized spacial score (nSPS) is 17.7. The van der Waals surface area contributed by atoms with Crippen molar-refractivity contribution in [1.82, 2.24) is 19.4 Å². The number of hydrogen-bond acceptors (Lipinski definition) is 3. The minimum Gasteiger partial charge on any atom is -0.301 e. The molecule has 0 saturated carbocycles. The van der Waals surface area contributed by atoms with E-state index in [2.05, 4.69) is 28.6 Å². The predicted octanol–water partition coefficient (Wildman–Crippen LogP) is 3.21. The lowest BCUT2D eigenvalue weighted by atomic mass is 10.2. The van der Waals surface area contributed by atoms with Crippen molar-refractivity contribution in [2.45, 2.75) is 26.9 Å². The van der Waals surface area contributed by atoms with Gasteiger partial charge in [0.15, 0.2) is 0 Å². The largest absolute Gasteiger partial charge is 0.320 e. The molecule has 6 heteroatoms. The maximum atomic E-state index is 13.4. The van der Waals surface area contributed by atoms with Crippen LogP contribution in [0.5, 0.6) is 0 Å². The fourth-order valence-corrected chi connectivity index (χ4v) is 3.27. The molecule has 0 atom stereocenters. The van der Waals surface area contributed by atoms with E-state index in [1.54, 1.807) is 18.2 Å². The van der Waals surface area contributed by atoms with E-state index in [4.69, 9.17) is 0 Å². The number of rotatable bonds is 5. The fraction of sp³-hybridized carbons (Fsp3) is 0.588. The van der Waals surface area contributed by atoms with Crippen molar-refractivity contribution < 1.29 is 8.78 Å². The lowest BCUT2D eigenvalue weighted by molar-refractivity contribution is 0.0642. The Hall–Kier alpha value is -1.53. The van der Waals surface area contributed by atoms with Crippen molar-refractivity contribution in [3.8, 4) is 0 Å². The van der Waals surface area contributed by atoms with Gasteiger partial charge in [-0.2, -0.15) is 8.78 Å². The number of hydrogen-bond donors (Lipinski definition) is 0. The summed E-state index contributed by atoms with van der Waals surface area (Å²) in [4.78, 5) is 9.08. The number of benzene rings is 1. The number of imidazole rings is 1. The van der Waals surface area contributed by atoms with Crippen LogP contribution in [0.2, 0.25) is 0 Å². The molecule has 23 heavy (non-hydrogen) atoms. The minimum absolute atomic E-state index is 0.457. The quantitative estimate of drug-likeness (QED) is 0.845. The Bertz CT molecular complexity index is 645. The van der Waals surface area contributed by atoms with E-state index >= 15 is 0 Å². The van der Waals surface area contributed by atoms with E-state index in [0.29, 0.717) is 29.3 Å². The number of halogens is 2. The molecule has 1 saturated heterocycles. The zero-order valence-corrected chi connectivity index (χ0v) is 13.8. The first-order valence-corrected chi connectivity index (χ1v) is 8.23. The minimum atomic E-state index is -2.56. The van der Waals surface area contributed by atoms with Crippen LogP contribution < -0.4 is 0 Å². The van der Waals surface area contributed by atoms with Gasteiger partial charge in [0.25, 0.3) is 0 Å². The van der Waals surface area contributed by atoms with Crippen molar-refractivity contribution in [3.63, 3.8) is 0 Å². The average molecular weight is 322 g/mol. The summed E-state index contributed by atoms with van der Waals surface area (Å²) in [6.45, 7) is 7.25. The zero-order valence-electron chi connectivity index (χ0n) is 13.8. The van der Waals surface area contributed by atoms with Gasteiger partial charge in [0.05, 0.1) is 17.6 Å². The van der Waals surface area contributed by atoms with Crippen LogP contribution >= 0.6 is 0 Å². The van der Waals surface area contributed by atoms with Crippen LogP contribution in [-0.2, 0) is 6.54 Å². The van der Waals surface area contributed by atoms with E-state index < -0.39 is 6.55 Å². The molecule has 2 aromatic rings. The van der Waals surface area contributed by atoms with Crippen LogP contribution in [0.4, 0.5) is 8.78 Å². The highest BCUT2D eigenvalue weighted by Gasteiger charge is 2.22. The molecule has 0 amide bonds. The summed E-state index contributed by atoms with van der Waals surface area (Å²) >= 11 is 0. The molecule has 3 rings (SSSR count). The van der Waals surface area contributed by atoms with Gasteiger partial charge < -0.3 is 4.90 Å². The van der Waals surface area contributed by atoms with Crippen LogP contribution in [-0.4, -0.2) is 52.1 Å². The van der Waals surface area contributed by atoms with Crippen LogP contribution in [0.15, 0.2) is 24.3 Å². The van der Waals surface area contributed by atoms with Crippen molar-refractivity contribution in [3.05, 3.63) is 30.1 Å². The predicted molar refractivity (Wildman–Crippen MR) is 87.5 cm³/mol. The summed E-state index contributed by atoms with van der Waals surface area (Å²) in [6, 6.07) is 7.10. The van der Waals surface area contributed by atoms with Gasteiger partial charge in [-0.1, -0.05) is 26.0 Å². The lowest BCUT2D eigenvalue weighted by Crippen LogP contribution is -2.47. The smallest absolute Gasteiger partial charge is 0.301 e. The van der Waals surface area contributed by atoms with Gasteiger partial charge in [-0.05, 0) is 18.1 Å². The molecule has 126 valence electrons. The Morgan fingerprint density at radius 1 is 1.04 bits per heavy atom. The Balaban J connectivity index is 1.71. The summed E-state index contributed by atoms with van der Waals surface area (Å²) in [6.07, 6.45) is 0. The molecule has 1 fully saturated rings. The summed E-state index contributed by atoms with van der Waals surface area (Å²) in [7, 11) is 0. The maximum Gasteiger partial charge on any atom is 0.320 e. The highest BCUT2D eigenvalue weighted by atomic mass is 19.3. The average Bonchev–Trinajstić information content (AvgIpc) is 2.86. The first-order valence-electron chi connectivity index (χ1n) is 8.23. The van der Waals surface area contributed by atoms with Gasteiger partial charge in [-0.3, -0.25) is 9.47 Å². The van der Waals surface area contributed by atoms with Crippen molar-refractivity contribution in [2.75, 3.05) is 32.7 Å². The summed E-state index contributed by atoms with van der Waals surface area (Å²) in [5.41, 5.74) is 1.15. The van der Waals surface area contributed by atoms with Gasteiger partial charge in [-0.15, -0.1) is 0 Å². The van der Waals surface area contributed by atoms with Crippen molar-refractivity contribution in [2.24, 2.45) is 5.92 Å². The second kappa shape index (κ2) is 6.93. The molecule has 1 aromatic carbocycles. The molecule has 1 aliphatic heterocycles. The number of piperazine rings is 1. The molecule has 0 unspecified atom stereocenters. The van der Waals surface area contributed by atoms with Gasteiger partial charge in [0, 0.05) is 32.7 Å². The summed E-state index contributed by atoms with van der Waals surface area (Å²) < 4.78 is 28.0. The lowest BCUT2D eigenvalue weighted by Gasteiger charge is -2.35. The van der Waals surface area contributed by atoms with Gasteiger partial charge >= 0.3 is 6.55 Å². The Kier molecular flexibility index (Phi) is 4.92. The summed E-state index contributed by atoms with van der Waals surface area (Å²) in [5, 5.41) is 0. The molecule has 2 heterocycles. The molecule has 1 aliphatic rings. The third-order valence-corrected chi connectivity index (χ3v) is 4.32. The number of fused-ring (bicyclic) bond motifs is 1. The molecule has 0 radical (unpaired) electrons. The molecule has 0 spiro atoms. The van der Waals surface area contributed by atoms with Gasteiger partial charge in [0.2, 0.25) is 0 Å². The monoisotopic (exact) mass is 322 g/mol. The van der Waals surface area contributed by atoms with E-state index in [9.17, 15) is 8.78 Å². The molecule has 0 N–H and O–H groups in total. The Morgan fingerprint density at radius 3 is 2.35 bits per heavy atom. The molecular weight excluding hydrogens is 298 g/mol. The zero-order chi connectivity index (χ0) is 16.4. The molecule has 0 aliphatic carbocycles. The Labute approximate surface area is 135 Å². The van der Waals surface area contributed by atoms with Gasteiger partial charge in [0.1, 0.15) is 5.82 Å². The number of nitrogens with zero attached hydrogens (tertiary/aromatic N) is 4. The van der Waals surface area contributed by atoms with Crippen molar-refractivity contribution >= 4 is 11.0 Å². The summed E-state index contributed by atoms with van der Waals surface area (Å²) in [5.74, 6) is 1.11. The van der Waals surface area contributed by atoms with Crippen molar-refractivity contribution in [1.29, 1.82) is 0 Å². The van der Waals surface area contributed by atoms with Crippen LogP contribution in [0.1, 0.15) is 26.2 Å². The SMILES string of the molecule is CC(C)CN1CCN(Cc2nc3ccccc3n2C(F)F)CC1. The number of aromatic nitrogens is 2. The first kappa shape index (κ1) is 16.3. The highest BCUT2D eigenvalue weighted by Crippen LogP contribution is 2.24. The van der Waals surface area contributed by atoms with E-state index in [-0.39, 0.29) is 0 Å². The first-order chi connectivity index (χ1) is 11.0. The third-order valence-electron chi connectivity index (χ3n) is 4.32.